The topological polar surface area (TPSA) is 75.3 Å². The molecule has 0 aliphatic carbocycles. The summed E-state index contributed by atoms with van der Waals surface area (Å²) in [5, 5.41) is 19.5. The lowest BCUT2D eigenvalue weighted by molar-refractivity contribution is 0.278. The molecule has 3 rings (SSSR count). The number of para-hydroxylation sites is 2. The van der Waals surface area contributed by atoms with E-state index in [4.69, 9.17) is 5.11 Å². The van der Waals surface area contributed by atoms with Crippen molar-refractivity contribution in [3.63, 3.8) is 0 Å². The molecule has 5 heteroatoms. The van der Waals surface area contributed by atoms with E-state index in [0.29, 0.717) is 35.3 Å². The summed E-state index contributed by atoms with van der Waals surface area (Å²) in [7, 11) is 0. The van der Waals surface area contributed by atoms with Gasteiger partial charge in [-0.15, -0.1) is 0 Å². The number of aliphatic hydroxyl groups is 1. The zero-order chi connectivity index (χ0) is 16.9. The maximum atomic E-state index is 12.7. The van der Waals surface area contributed by atoms with E-state index in [1.54, 1.807) is 53.1 Å². The molecule has 122 valence electrons. The van der Waals surface area contributed by atoms with E-state index in [2.05, 4.69) is 4.98 Å². The fraction of sp³-hybridized carbons (Fsp3) is 0.158. The third-order valence-corrected chi connectivity index (χ3v) is 3.78. The Balaban J connectivity index is 2.11. The van der Waals surface area contributed by atoms with Gasteiger partial charge in [0.25, 0.3) is 5.56 Å². The minimum absolute atomic E-state index is 0.00188. The number of hydrogen-bond acceptors (Lipinski definition) is 4. The zero-order valence-corrected chi connectivity index (χ0v) is 13.1. The van der Waals surface area contributed by atoms with Crippen molar-refractivity contribution in [1.82, 2.24) is 9.55 Å². The Kier molecular flexibility index (Phi) is 4.72. The Morgan fingerprint density at radius 1 is 1.04 bits per heavy atom. The largest absolute Gasteiger partial charge is 0.507 e. The van der Waals surface area contributed by atoms with E-state index in [1.165, 1.54) is 0 Å². The lowest BCUT2D eigenvalue weighted by Crippen LogP contribution is -2.24. The van der Waals surface area contributed by atoms with Crippen molar-refractivity contribution < 1.29 is 10.2 Å². The molecular formula is C19H18N2O3. The summed E-state index contributed by atoms with van der Waals surface area (Å²) in [6.07, 6.45) is 3.90. The van der Waals surface area contributed by atoms with Gasteiger partial charge >= 0.3 is 0 Å². The van der Waals surface area contributed by atoms with Crippen LogP contribution in [0.2, 0.25) is 0 Å². The number of phenols is 1. The Bertz CT molecular complexity index is 945. The number of hydrogen-bond donors (Lipinski definition) is 2. The average molecular weight is 322 g/mol. The molecule has 0 saturated heterocycles. The molecule has 0 spiro atoms. The molecule has 5 nitrogen and oxygen atoms in total. The number of benzene rings is 2. The first-order valence-corrected chi connectivity index (χ1v) is 7.77. The van der Waals surface area contributed by atoms with Crippen LogP contribution < -0.4 is 5.56 Å². The summed E-state index contributed by atoms with van der Waals surface area (Å²) in [5.41, 5.74) is 1.14. The molecule has 24 heavy (non-hydrogen) atoms. The van der Waals surface area contributed by atoms with Gasteiger partial charge in [-0.05, 0) is 36.8 Å². The minimum atomic E-state index is -0.133. The van der Waals surface area contributed by atoms with Crippen LogP contribution in [0.15, 0.2) is 53.3 Å². The van der Waals surface area contributed by atoms with Crippen molar-refractivity contribution in [2.24, 2.45) is 0 Å². The van der Waals surface area contributed by atoms with Crippen LogP contribution in [0.25, 0.3) is 23.1 Å². The van der Waals surface area contributed by atoms with Crippen molar-refractivity contribution in [1.29, 1.82) is 0 Å². The van der Waals surface area contributed by atoms with Crippen molar-refractivity contribution in [2.75, 3.05) is 6.61 Å². The number of aromatic nitrogens is 2. The van der Waals surface area contributed by atoms with E-state index >= 15 is 0 Å². The lowest BCUT2D eigenvalue weighted by Gasteiger charge is -2.10. The molecule has 3 aromatic rings. The number of rotatable bonds is 5. The molecule has 0 unspecified atom stereocenters. The monoisotopic (exact) mass is 322 g/mol. The molecule has 0 radical (unpaired) electrons. The number of fused-ring (bicyclic) bond motifs is 1. The van der Waals surface area contributed by atoms with Crippen LogP contribution in [0.1, 0.15) is 17.8 Å². The highest BCUT2D eigenvalue weighted by molar-refractivity contribution is 5.79. The van der Waals surface area contributed by atoms with E-state index in [0.717, 1.165) is 0 Å². The molecule has 0 fully saturated rings. The maximum absolute atomic E-state index is 12.7. The Morgan fingerprint density at radius 3 is 2.58 bits per heavy atom. The number of aliphatic hydroxyl groups excluding tert-OH is 1. The van der Waals surface area contributed by atoms with Crippen molar-refractivity contribution in [3.8, 4) is 5.75 Å². The Morgan fingerprint density at radius 2 is 1.79 bits per heavy atom. The molecule has 0 saturated carbocycles. The van der Waals surface area contributed by atoms with E-state index < -0.39 is 0 Å². The summed E-state index contributed by atoms with van der Waals surface area (Å²) in [6.45, 7) is 0.384. The molecule has 0 bridgehead atoms. The first kappa shape index (κ1) is 16.0. The minimum Gasteiger partial charge on any atom is -0.507 e. The molecule has 1 aromatic heterocycles. The summed E-state index contributed by atoms with van der Waals surface area (Å²) >= 11 is 0. The quantitative estimate of drug-likeness (QED) is 0.757. The summed E-state index contributed by atoms with van der Waals surface area (Å²) < 4.78 is 1.55. The van der Waals surface area contributed by atoms with E-state index in [1.807, 2.05) is 12.1 Å². The number of phenolic OH excluding ortho intramolecular Hbond substituents is 1. The summed E-state index contributed by atoms with van der Waals surface area (Å²) in [6, 6.07) is 14.1. The maximum Gasteiger partial charge on any atom is 0.261 e. The van der Waals surface area contributed by atoms with Crippen LogP contribution in [0.4, 0.5) is 0 Å². The van der Waals surface area contributed by atoms with E-state index in [-0.39, 0.29) is 17.9 Å². The van der Waals surface area contributed by atoms with Gasteiger partial charge in [0.05, 0.1) is 10.9 Å². The van der Waals surface area contributed by atoms with Gasteiger partial charge in [-0.1, -0.05) is 30.3 Å². The number of nitrogens with zero attached hydrogens (tertiary/aromatic N) is 2. The fourth-order valence-corrected chi connectivity index (χ4v) is 2.55. The van der Waals surface area contributed by atoms with Gasteiger partial charge in [0, 0.05) is 18.7 Å². The molecule has 2 N–H and O–H groups in total. The third-order valence-electron chi connectivity index (χ3n) is 3.78. The second-order valence-electron chi connectivity index (χ2n) is 5.41. The number of aromatic hydroxyl groups is 1. The molecule has 0 amide bonds. The van der Waals surface area contributed by atoms with Crippen molar-refractivity contribution >= 4 is 23.1 Å². The fourth-order valence-electron chi connectivity index (χ4n) is 2.55. The average Bonchev–Trinajstić information content (AvgIpc) is 2.60. The standard InChI is InChI=1S/C19H18N2O3/c22-13-5-12-21-18(11-10-14-6-1-4-9-17(14)23)20-16-8-3-2-7-15(16)19(21)24/h1-4,6-11,22-23H,5,12-13H2/b11-10+. The van der Waals surface area contributed by atoms with Crippen LogP contribution in [-0.2, 0) is 6.54 Å². The van der Waals surface area contributed by atoms with Crippen molar-refractivity contribution in [2.45, 2.75) is 13.0 Å². The van der Waals surface area contributed by atoms with Crippen LogP contribution in [0.3, 0.4) is 0 Å². The molecule has 0 atom stereocenters. The van der Waals surface area contributed by atoms with Gasteiger partial charge < -0.3 is 10.2 Å². The highest BCUT2D eigenvalue weighted by Crippen LogP contribution is 2.18. The first-order chi connectivity index (χ1) is 11.7. The predicted octanol–water partition coefficient (Wildman–Crippen LogP) is 2.65. The Hall–Kier alpha value is -2.92. The van der Waals surface area contributed by atoms with Crippen molar-refractivity contribution in [3.05, 3.63) is 70.3 Å². The van der Waals surface area contributed by atoms with Gasteiger partial charge in [0.1, 0.15) is 11.6 Å². The van der Waals surface area contributed by atoms with Crippen LogP contribution in [0.5, 0.6) is 5.75 Å². The predicted molar refractivity (Wildman–Crippen MR) is 94.7 cm³/mol. The first-order valence-electron chi connectivity index (χ1n) is 7.77. The van der Waals surface area contributed by atoms with Gasteiger partial charge in [-0.3, -0.25) is 9.36 Å². The molecule has 1 heterocycles. The normalized spacial score (nSPS) is 11.4. The van der Waals surface area contributed by atoms with Gasteiger partial charge in [0.15, 0.2) is 0 Å². The smallest absolute Gasteiger partial charge is 0.261 e. The summed E-state index contributed by atoms with van der Waals surface area (Å²) in [4.78, 5) is 17.2. The molecule has 0 aliphatic rings. The van der Waals surface area contributed by atoms with Crippen LogP contribution >= 0.6 is 0 Å². The molecule has 0 aliphatic heterocycles. The van der Waals surface area contributed by atoms with E-state index in [9.17, 15) is 9.90 Å². The van der Waals surface area contributed by atoms with Gasteiger partial charge in [0.2, 0.25) is 0 Å². The van der Waals surface area contributed by atoms with Crippen LogP contribution in [0, 0.1) is 0 Å². The molecular weight excluding hydrogens is 304 g/mol. The lowest BCUT2D eigenvalue weighted by atomic mass is 10.2. The Labute approximate surface area is 139 Å². The third kappa shape index (κ3) is 3.21. The highest BCUT2D eigenvalue weighted by Gasteiger charge is 2.08. The molecule has 2 aromatic carbocycles. The SMILES string of the molecule is O=c1c2ccccc2nc(/C=C/c2ccccc2O)n1CCCO. The van der Waals surface area contributed by atoms with Gasteiger partial charge in [-0.25, -0.2) is 4.98 Å². The zero-order valence-electron chi connectivity index (χ0n) is 13.1. The van der Waals surface area contributed by atoms with Crippen LogP contribution in [-0.4, -0.2) is 26.4 Å². The highest BCUT2D eigenvalue weighted by atomic mass is 16.3. The summed E-state index contributed by atoms with van der Waals surface area (Å²) in [5.74, 6) is 0.661. The second kappa shape index (κ2) is 7.10. The second-order valence-corrected chi connectivity index (χ2v) is 5.41. The van der Waals surface area contributed by atoms with Gasteiger partial charge in [-0.2, -0.15) is 0 Å².